The van der Waals surface area contributed by atoms with Gasteiger partial charge < -0.3 is 14.2 Å². The molecule has 9 nitrogen and oxygen atoms in total. The van der Waals surface area contributed by atoms with E-state index in [4.69, 9.17) is 19.4 Å². The number of hydroxylamine groups is 1. The molecule has 0 saturated heterocycles. The van der Waals surface area contributed by atoms with Crippen LogP contribution in [0.3, 0.4) is 0 Å². The molecule has 9 heteroatoms. The topological polar surface area (TPSA) is 118 Å². The van der Waals surface area contributed by atoms with Gasteiger partial charge >= 0.3 is 0 Å². The summed E-state index contributed by atoms with van der Waals surface area (Å²) in [6.45, 7) is 0. The van der Waals surface area contributed by atoms with Gasteiger partial charge in [0.1, 0.15) is 0 Å². The second-order valence-electron chi connectivity index (χ2n) is 5.59. The van der Waals surface area contributed by atoms with Crippen molar-refractivity contribution in [3.63, 3.8) is 0 Å². The fraction of sp³-hybridized carbons (Fsp3) is 0.150. The number of carbonyl (C=O) groups is 2. The van der Waals surface area contributed by atoms with E-state index in [0.717, 1.165) is 6.08 Å². The van der Waals surface area contributed by atoms with Crippen molar-refractivity contribution < 1.29 is 29.0 Å². The quantitative estimate of drug-likeness (QED) is 0.270. The molecule has 3 N–H and O–H groups in total. The summed E-state index contributed by atoms with van der Waals surface area (Å²) in [6.07, 6.45) is 4.04. The zero-order valence-corrected chi connectivity index (χ0v) is 16.1. The van der Waals surface area contributed by atoms with Gasteiger partial charge in [-0.05, 0) is 35.9 Å². The van der Waals surface area contributed by atoms with Gasteiger partial charge in [-0.15, -0.1) is 0 Å². The largest absolute Gasteiger partial charge is 0.493 e. The Balaban J connectivity index is 2.12. The van der Waals surface area contributed by atoms with Crippen molar-refractivity contribution in [2.45, 2.75) is 0 Å². The van der Waals surface area contributed by atoms with Crippen molar-refractivity contribution in [3.8, 4) is 17.2 Å². The third kappa shape index (κ3) is 5.81. The number of rotatable bonds is 8. The summed E-state index contributed by atoms with van der Waals surface area (Å²) in [4.78, 5) is 23.3. The van der Waals surface area contributed by atoms with Crippen LogP contribution in [0.4, 0.5) is 0 Å². The van der Waals surface area contributed by atoms with Crippen LogP contribution < -0.4 is 25.1 Å². The Labute approximate surface area is 167 Å². The van der Waals surface area contributed by atoms with Gasteiger partial charge in [0.15, 0.2) is 11.5 Å². The molecule has 152 valence electrons. The highest BCUT2D eigenvalue weighted by atomic mass is 16.5. The molecular weight excluding hydrogens is 378 g/mol. The van der Waals surface area contributed by atoms with Crippen LogP contribution in [-0.2, 0) is 4.79 Å². The van der Waals surface area contributed by atoms with Crippen LogP contribution in [0.1, 0.15) is 21.5 Å². The number of hydrazone groups is 1. The van der Waals surface area contributed by atoms with Gasteiger partial charge in [-0.1, -0.05) is 12.1 Å². The van der Waals surface area contributed by atoms with E-state index in [0.29, 0.717) is 33.9 Å². The Morgan fingerprint density at radius 3 is 2.28 bits per heavy atom. The maximum absolute atomic E-state index is 12.3. The molecule has 0 unspecified atom stereocenters. The average Bonchev–Trinajstić information content (AvgIpc) is 2.76. The molecule has 0 fully saturated rings. The predicted molar refractivity (Wildman–Crippen MR) is 107 cm³/mol. The van der Waals surface area contributed by atoms with Gasteiger partial charge in [-0.2, -0.15) is 5.10 Å². The lowest BCUT2D eigenvalue weighted by Crippen LogP contribution is -2.17. The minimum Gasteiger partial charge on any atom is -0.493 e. The molecule has 0 spiro atoms. The number of nitrogens with one attached hydrogen (secondary N) is 2. The molecule has 2 aromatic rings. The smallest absolute Gasteiger partial charge is 0.271 e. The summed E-state index contributed by atoms with van der Waals surface area (Å²) >= 11 is 0. The standard InChI is InChI=1S/C20H21N3O6/c1-27-16-10-14(11-17(28-2)19(16)29-3)12-21-22-20(25)15-6-4-5-13(9-15)7-8-18(24)23-26/h4-12,26H,1-3H3,(H,22,25)(H,23,24)/b8-7+,21-12+. The highest BCUT2D eigenvalue weighted by molar-refractivity contribution is 5.96. The van der Waals surface area contributed by atoms with Crippen molar-refractivity contribution in [2.75, 3.05) is 21.3 Å². The molecule has 0 bridgehead atoms. The van der Waals surface area contributed by atoms with Gasteiger partial charge in [-0.3, -0.25) is 14.8 Å². The lowest BCUT2D eigenvalue weighted by molar-refractivity contribution is -0.124. The summed E-state index contributed by atoms with van der Waals surface area (Å²) < 4.78 is 15.8. The summed E-state index contributed by atoms with van der Waals surface area (Å²) in [5.41, 5.74) is 5.50. The molecule has 0 heterocycles. The number of ether oxygens (including phenoxy) is 3. The fourth-order valence-corrected chi connectivity index (χ4v) is 2.40. The maximum atomic E-state index is 12.3. The molecule has 2 rings (SSSR count). The van der Waals surface area contributed by atoms with E-state index in [1.807, 2.05) is 0 Å². The van der Waals surface area contributed by atoms with E-state index in [1.165, 1.54) is 39.1 Å². The van der Waals surface area contributed by atoms with E-state index < -0.39 is 11.8 Å². The molecule has 0 saturated carbocycles. The van der Waals surface area contributed by atoms with Crippen LogP contribution in [0.5, 0.6) is 17.2 Å². The lowest BCUT2D eigenvalue weighted by atomic mass is 10.1. The highest BCUT2D eigenvalue weighted by Gasteiger charge is 2.12. The first-order chi connectivity index (χ1) is 14.0. The SMILES string of the molecule is COc1cc(/C=N/NC(=O)c2cccc(/C=C/C(=O)NO)c2)cc(OC)c1OC. The van der Waals surface area contributed by atoms with Gasteiger partial charge in [0.05, 0.1) is 27.5 Å². The summed E-state index contributed by atoms with van der Waals surface area (Å²) in [6, 6.07) is 9.92. The fourth-order valence-electron chi connectivity index (χ4n) is 2.40. The van der Waals surface area contributed by atoms with Gasteiger partial charge in [0.2, 0.25) is 5.75 Å². The normalized spacial score (nSPS) is 10.8. The van der Waals surface area contributed by atoms with Crippen LogP contribution >= 0.6 is 0 Å². The number of nitrogens with zero attached hydrogens (tertiary/aromatic N) is 1. The Morgan fingerprint density at radius 2 is 1.69 bits per heavy atom. The summed E-state index contributed by atoms with van der Waals surface area (Å²) in [7, 11) is 4.52. The van der Waals surface area contributed by atoms with Crippen LogP contribution in [0.15, 0.2) is 47.6 Å². The number of hydrogen-bond donors (Lipinski definition) is 3. The molecule has 0 aliphatic rings. The molecule has 0 aliphatic carbocycles. The first kappa shape index (κ1) is 21.5. The number of hydrogen-bond acceptors (Lipinski definition) is 7. The van der Waals surface area contributed by atoms with Crippen LogP contribution in [0.25, 0.3) is 6.08 Å². The number of carbonyl (C=O) groups excluding carboxylic acids is 2. The zero-order valence-electron chi connectivity index (χ0n) is 16.1. The van der Waals surface area contributed by atoms with Crippen molar-refractivity contribution in [2.24, 2.45) is 5.10 Å². The van der Waals surface area contributed by atoms with Crippen molar-refractivity contribution >= 4 is 24.1 Å². The van der Waals surface area contributed by atoms with E-state index in [9.17, 15) is 9.59 Å². The molecule has 0 radical (unpaired) electrons. The van der Waals surface area contributed by atoms with Gasteiger partial charge in [0.25, 0.3) is 11.8 Å². The summed E-state index contributed by atoms with van der Waals surface area (Å²) in [5.74, 6) is 0.276. The van der Waals surface area contributed by atoms with Crippen molar-refractivity contribution in [1.82, 2.24) is 10.9 Å². The molecule has 0 atom stereocenters. The van der Waals surface area contributed by atoms with Crippen LogP contribution in [0.2, 0.25) is 0 Å². The highest BCUT2D eigenvalue weighted by Crippen LogP contribution is 2.37. The van der Waals surface area contributed by atoms with Gasteiger partial charge in [0, 0.05) is 17.2 Å². The van der Waals surface area contributed by atoms with E-state index in [2.05, 4.69) is 10.5 Å². The summed E-state index contributed by atoms with van der Waals surface area (Å²) in [5, 5.41) is 12.4. The minimum atomic E-state index is -0.671. The third-order valence-corrected chi connectivity index (χ3v) is 3.75. The molecular formula is C20H21N3O6. The average molecular weight is 399 g/mol. The molecule has 2 aromatic carbocycles. The van der Waals surface area contributed by atoms with Crippen LogP contribution in [0, 0.1) is 0 Å². The predicted octanol–water partition coefficient (Wildman–Crippen LogP) is 1.99. The van der Waals surface area contributed by atoms with Gasteiger partial charge in [-0.25, -0.2) is 10.9 Å². The Morgan fingerprint density at radius 1 is 1.00 bits per heavy atom. The number of benzene rings is 2. The minimum absolute atomic E-state index is 0.346. The second-order valence-corrected chi connectivity index (χ2v) is 5.59. The zero-order chi connectivity index (χ0) is 21.2. The molecule has 29 heavy (non-hydrogen) atoms. The maximum Gasteiger partial charge on any atom is 0.271 e. The lowest BCUT2D eigenvalue weighted by Gasteiger charge is -2.12. The van der Waals surface area contributed by atoms with E-state index >= 15 is 0 Å². The molecule has 0 aromatic heterocycles. The monoisotopic (exact) mass is 399 g/mol. The first-order valence-corrected chi connectivity index (χ1v) is 8.38. The van der Waals surface area contributed by atoms with Crippen LogP contribution in [-0.4, -0.2) is 44.6 Å². The third-order valence-electron chi connectivity index (χ3n) is 3.75. The second kappa shape index (κ2) is 10.5. The van der Waals surface area contributed by atoms with Crippen molar-refractivity contribution in [3.05, 3.63) is 59.2 Å². The van der Waals surface area contributed by atoms with E-state index in [1.54, 1.807) is 36.4 Å². The number of methoxy groups -OCH3 is 3. The van der Waals surface area contributed by atoms with Crippen molar-refractivity contribution in [1.29, 1.82) is 0 Å². The van der Waals surface area contributed by atoms with E-state index in [-0.39, 0.29) is 0 Å². The molecule has 0 aliphatic heterocycles. The molecule has 2 amide bonds. The Bertz CT molecular complexity index is 915. The number of amides is 2. The Hall–Kier alpha value is -3.85. The first-order valence-electron chi connectivity index (χ1n) is 8.38. The Kier molecular flexibility index (Phi) is 7.75.